The van der Waals surface area contributed by atoms with Gasteiger partial charge in [-0.2, -0.15) is 0 Å². The van der Waals surface area contributed by atoms with Gasteiger partial charge in [-0.1, -0.05) is 59.6 Å². The molecule has 23 heavy (non-hydrogen) atoms. The topological polar surface area (TPSA) is 52.3 Å². The maximum absolute atomic E-state index is 12.0. The Balaban J connectivity index is 1.68. The lowest BCUT2D eigenvalue weighted by Crippen LogP contribution is -2.06. The molecular weight excluding hydrogens is 337 g/mol. The fourth-order valence-corrected chi connectivity index (χ4v) is 2.36. The Bertz CT molecular complexity index is 831. The summed E-state index contributed by atoms with van der Waals surface area (Å²) in [7, 11) is 0. The monoisotopic (exact) mass is 347 g/mol. The molecule has 0 saturated carbocycles. The number of benzene rings is 2. The van der Waals surface area contributed by atoms with Crippen LogP contribution >= 0.6 is 23.2 Å². The van der Waals surface area contributed by atoms with Gasteiger partial charge in [0.2, 0.25) is 5.89 Å². The minimum absolute atomic E-state index is 0.0888. The van der Waals surface area contributed by atoms with Crippen molar-refractivity contribution in [3.63, 3.8) is 0 Å². The SMILES string of the molecule is O=C(OCc1ncc(-c2ccccc2)o1)c1cccc(Cl)c1Cl. The van der Waals surface area contributed by atoms with Crippen molar-refractivity contribution in [1.29, 1.82) is 0 Å². The minimum Gasteiger partial charge on any atom is -0.452 e. The number of ether oxygens (including phenoxy) is 1. The van der Waals surface area contributed by atoms with Crippen LogP contribution in [0.3, 0.4) is 0 Å². The predicted molar refractivity (Wildman–Crippen MR) is 87.5 cm³/mol. The van der Waals surface area contributed by atoms with Gasteiger partial charge < -0.3 is 9.15 Å². The third kappa shape index (κ3) is 3.55. The van der Waals surface area contributed by atoms with Crippen LogP contribution in [0.5, 0.6) is 0 Å². The normalized spacial score (nSPS) is 10.5. The quantitative estimate of drug-likeness (QED) is 0.622. The third-order valence-electron chi connectivity index (χ3n) is 3.11. The number of nitrogens with zero attached hydrogens (tertiary/aromatic N) is 1. The lowest BCUT2D eigenvalue weighted by atomic mass is 10.2. The summed E-state index contributed by atoms with van der Waals surface area (Å²) in [5.41, 5.74) is 1.10. The number of carbonyl (C=O) groups excluding carboxylic acids is 1. The number of halogens is 2. The third-order valence-corrected chi connectivity index (χ3v) is 3.93. The van der Waals surface area contributed by atoms with Gasteiger partial charge in [-0.05, 0) is 12.1 Å². The Labute approximate surface area is 142 Å². The van der Waals surface area contributed by atoms with Gasteiger partial charge in [-0.25, -0.2) is 9.78 Å². The van der Waals surface area contributed by atoms with E-state index in [1.165, 1.54) is 0 Å². The summed E-state index contributed by atoms with van der Waals surface area (Å²) in [6.45, 7) is -0.0888. The molecule has 0 unspecified atom stereocenters. The highest BCUT2D eigenvalue weighted by atomic mass is 35.5. The summed E-state index contributed by atoms with van der Waals surface area (Å²) in [5.74, 6) is 0.324. The van der Waals surface area contributed by atoms with Crippen molar-refractivity contribution in [2.24, 2.45) is 0 Å². The van der Waals surface area contributed by atoms with Crippen LogP contribution in [-0.4, -0.2) is 11.0 Å². The van der Waals surface area contributed by atoms with Gasteiger partial charge in [-0.3, -0.25) is 0 Å². The van der Waals surface area contributed by atoms with E-state index >= 15 is 0 Å². The Hall–Kier alpha value is -2.30. The van der Waals surface area contributed by atoms with Crippen molar-refractivity contribution in [2.75, 3.05) is 0 Å². The van der Waals surface area contributed by atoms with Gasteiger partial charge in [0.15, 0.2) is 12.4 Å². The fraction of sp³-hybridized carbons (Fsp3) is 0.0588. The second-order valence-corrected chi connectivity index (χ2v) is 5.45. The number of oxazole rings is 1. The smallest absolute Gasteiger partial charge is 0.340 e. The summed E-state index contributed by atoms with van der Waals surface area (Å²) in [6.07, 6.45) is 1.59. The zero-order valence-corrected chi connectivity index (χ0v) is 13.3. The van der Waals surface area contributed by atoms with E-state index in [-0.39, 0.29) is 17.2 Å². The molecule has 4 nitrogen and oxygen atoms in total. The Kier molecular flexibility index (Phi) is 4.65. The van der Waals surface area contributed by atoms with Gasteiger partial charge in [0, 0.05) is 5.56 Å². The van der Waals surface area contributed by atoms with E-state index in [2.05, 4.69) is 4.98 Å². The van der Waals surface area contributed by atoms with Crippen LogP contribution in [0, 0.1) is 0 Å². The van der Waals surface area contributed by atoms with Gasteiger partial charge in [-0.15, -0.1) is 0 Å². The zero-order chi connectivity index (χ0) is 16.2. The summed E-state index contributed by atoms with van der Waals surface area (Å²) in [4.78, 5) is 16.1. The van der Waals surface area contributed by atoms with Crippen molar-refractivity contribution in [3.05, 3.63) is 76.2 Å². The molecule has 3 rings (SSSR count). The van der Waals surface area contributed by atoms with E-state index < -0.39 is 5.97 Å². The molecule has 6 heteroatoms. The first-order valence-corrected chi connectivity index (χ1v) is 7.52. The number of hydrogen-bond donors (Lipinski definition) is 0. The molecule has 1 aromatic heterocycles. The number of aromatic nitrogens is 1. The van der Waals surface area contributed by atoms with Gasteiger partial charge in [0.05, 0.1) is 21.8 Å². The van der Waals surface area contributed by atoms with Gasteiger partial charge in [0.25, 0.3) is 0 Å². The summed E-state index contributed by atoms with van der Waals surface area (Å²) < 4.78 is 10.7. The van der Waals surface area contributed by atoms with Crippen LogP contribution < -0.4 is 0 Å². The molecule has 3 aromatic rings. The van der Waals surface area contributed by atoms with E-state index in [1.807, 2.05) is 30.3 Å². The Morgan fingerprint density at radius 1 is 1.09 bits per heavy atom. The van der Waals surface area contributed by atoms with Gasteiger partial charge >= 0.3 is 5.97 Å². The van der Waals surface area contributed by atoms with Crippen LogP contribution in [-0.2, 0) is 11.3 Å². The van der Waals surface area contributed by atoms with Crippen LogP contribution in [0.25, 0.3) is 11.3 Å². The maximum Gasteiger partial charge on any atom is 0.340 e. The number of rotatable bonds is 4. The van der Waals surface area contributed by atoms with E-state index in [0.717, 1.165) is 5.56 Å². The van der Waals surface area contributed by atoms with Gasteiger partial charge in [0.1, 0.15) is 0 Å². The Morgan fingerprint density at radius 3 is 2.65 bits per heavy atom. The minimum atomic E-state index is -0.586. The van der Waals surface area contributed by atoms with Crippen molar-refractivity contribution in [1.82, 2.24) is 4.98 Å². The standard InChI is InChI=1S/C17H11Cl2NO3/c18-13-8-4-7-12(16(13)19)17(21)22-10-15-20-9-14(23-15)11-5-2-1-3-6-11/h1-9H,10H2. The van der Waals surface area contributed by atoms with E-state index in [4.69, 9.17) is 32.4 Å². The lowest BCUT2D eigenvalue weighted by molar-refractivity contribution is 0.0439. The second-order valence-electron chi connectivity index (χ2n) is 4.66. The second kappa shape index (κ2) is 6.86. The molecule has 0 aliphatic carbocycles. The summed E-state index contributed by atoms with van der Waals surface area (Å²) in [5, 5.41) is 0.458. The Morgan fingerprint density at radius 2 is 1.87 bits per heavy atom. The van der Waals surface area contributed by atoms with E-state index in [0.29, 0.717) is 16.7 Å². The summed E-state index contributed by atoms with van der Waals surface area (Å²) in [6, 6.07) is 14.3. The first kappa shape index (κ1) is 15.6. The van der Waals surface area contributed by atoms with Crippen LogP contribution in [0.1, 0.15) is 16.2 Å². The predicted octanol–water partition coefficient (Wildman–Crippen LogP) is 5.01. The number of esters is 1. The van der Waals surface area contributed by atoms with Crippen LogP contribution in [0.2, 0.25) is 10.0 Å². The zero-order valence-electron chi connectivity index (χ0n) is 11.8. The average Bonchev–Trinajstić information content (AvgIpc) is 3.05. The first-order valence-electron chi connectivity index (χ1n) is 6.76. The van der Waals surface area contributed by atoms with E-state index in [9.17, 15) is 4.79 Å². The highest BCUT2D eigenvalue weighted by molar-refractivity contribution is 6.43. The average molecular weight is 348 g/mol. The molecule has 116 valence electrons. The molecule has 0 atom stereocenters. The summed E-state index contributed by atoms with van der Waals surface area (Å²) >= 11 is 11.9. The highest BCUT2D eigenvalue weighted by Gasteiger charge is 2.15. The van der Waals surface area contributed by atoms with Crippen molar-refractivity contribution in [2.45, 2.75) is 6.61 Å². The molecule has 0 radical (unpaired) electrons. The molecular formula is C17H11Cl2NO3. The molecule has 2 aromatic carbocycles. The molecule has 0 bridgehead atoms. The molecule has 0 saturated heterocycles. The molecule has 0 N–H and O–H groups in total. The number of hydrogen-bond acceptors (Lipinski definition) is 4. The fourth-order valence-electron chi connectivity index (χ4n) is 1.98. The molecule has 0 aliphatic rings. The van der Waals surface area contributed by atoms with Crippen molar-refractivity contribution >= 4 is 29.2 Å². The van der Waals surface area contributed by atoms with E-state index in [1.54, 1.807) is 24.4 Å². The van der Waals surface area contributed by atoms with Crippen molar-refractivity contribution in [3.8, 4) is 11.3 Å². The van der Waals surface area contributed by atoms with Crippen LogP contribution in [0.4, 0.5) is 0 Å². The van der Waals surface area contributed by atoms with Crippen molar-refractivity contribution < 1.29 is 13.9 Å². The molecule has 0 aliphatic heterocycles. The molecule has 1 heterocycles. The van der Waals surface area contributed by atoms with Crippen LogP contribution in [0.15, 0.2) is 59.1 Å². The highest BCUT2D eigenvalue weighted by Crippen LogP contribution is 2.26. The first-order chi connectivity index (χ1) is 11.1. The molecule has 0 fully saturated rings. The number of carbonyl (C=O) groups is 1. The molecule has 0 amide bonds. The maximum atomic E-state index is 12.0. The lowest BCUT2D eigenvalue weighted by Gasteiger charge is -2.05. The molecule has 0 spiro atoms. The largest absolute Gasteiger partial charge is 0.452 e.